The SMILES string of the molecule is CCCN(CCC)CCCCNC(=O)c1ccc(C(=O)C(Cc2ncc[nH]2)Cc2ncc[nH]2)cc1. The van der Waals surface area contributed by atoms with Crippen LogP contribution < -0.4 is 5.32 Å². The van der Waals surface area contributed by atoms with E-state index in [0.29, 0.717) is 30.5 Å². The first-order chi connectivity index (χ1) is 17.1. The minimum atomic E-state index is -0.313. The highest BCUT2D eigenvalue weighted by molar-refractivity contribution is 6.00. The van der Waals surface area contributed by atoms with Gasteiger partial charge in [-0.3, -0.25) is 9.59 Å². The van der Waals surface area contributed by atoms with E-state index < -0.39 is 0 Å². The minimum Gasteiger partial charge on any atom is -0.352 e. The van der Waals surface area contributed by atoms with Crippen molar-refractivity contribution in [2.24, 2.45) is 5.92 Å². The normalized spacial score (nSPS) is 11.3. The van der Waals surface area contributed by atoms with Crippen LogP contribution in [-0.2, 0) is 12.8 Å². The zero-order valence-corrected chi connectivity index (χ0v) is 20.9. The summed E-state index contributed by atoms with van der Waals surface area (Å²) in [6, 6.07) is 6.93. The minimum absolute atomic E-state index is 0.00784. The highest BCUT2D eigenvalue weighted by Crippen LogP contribution is 2.18. The molecule has 0 saturated heterocycles. The summed E-state index contributed by atoms with van der Waals surface area (Å²) in [7, 11) is 0. The number of ketones is 1. The number of nitrogens with one attached hydrogen (secondary N) is 3. The van der Waals surface area contributed by atoms with Crippen LogP contribution in [0.4, 0.5) is 0 Å². The third-order valence-electron chi connectivity index (χ3n) is 6.06. The lowest BCUT2D eigenvalue weighted by Crippen LogP contribution is -2.28. The lowest BCUT2D eigenvalue weighted by Gasteiger charge is -2.20. The lowest BCUT2D eigenvalue weighted by atomic mass is 9.90. The second-order valence-electron chi connectivity index (χ2n) is 8.92. The van der Waals surface area contributed by atoms with Crippen molar-refractivity contribution in [1.82, 2.24) is 30.2 Å². The van der Waals surface area contributed by atoms with Crippen LogP contribution in [0, 0.1) is 5.92 Å². The van der Waals surface area contributed by atoms with Crippen LogP contribution in [0.25, 0.3) is 0 Å². The molecular formula is C27H38N6O2. The highest BCUT2D eigenvalue weighted by atomic mass is 16.1. The zero-order valence-electron chi connectivity index (χ0n) is 20.9. The summed E-state index contributed by atoms with van der Waals surface area (Å²) in [5.74, 6) is 1.11. The molecule has 8 heteroatoms. The average molecular weight is 479 g/mol. The molecule has 0 spiro atoms. The summed E-state index contributed by atoms with van der Waals surface area (Å²) >= 11 is 0. The van der Waals surface area contributed by atoms with E-state index in [9.17, 15) is 9.59 Å². The highest BCUT2D eigenvalue weighted by Gasteiger charge is 2.23. The Kier molecular flexibility index (Phi) is 10.7. The van der Waals surface area contributed by atoms with Crippen molar-refractivity contribution >= 4 is 11.7 Å². The molecule has 0 bridgehead atoms. The number of aromatic amines is 2. The Morgan fingerprint density at radius 3 is 1.94 bits per heavy atom. The molecule has 0 aliphatic rings. The number of nitrogens with zero attached hydrogens (tertiary/aromatic N) is 3. The number of aromatic nitrogens is 4. The van der Waals surface area contributed by atoms with Crippen LogP contribution in [0.1, 0.15) is 71.9 Å². The van der Waals surface area contributed by atoms with Crippen LogP contribution in [0.5, 0.6) is 0 Å². The first-order valence-corrected chi connectivity index (χ1v) is 12.7. The number of amides is 1. The van der Waals surface area contributed by atoms with E-state index in [2.05, 4.69) is 44.0 Å². The molecule has 35 heavy (non-hydrogen) atoms. The second kappa shape index (κ2) is 14.2. The molecule has 3 rings (SSSR count). The van der Waals surface area contributed by atoms with Crippen molar-refractivity contribution in [1.29, 1.82) is 0 Å². The van der Waals surface area contributed by atoms with Gasteiger partial charge in [0.25, 0.3) is 5.91 Å². The average Bonchev–Trinajstić information content (AvgIpc) is 3.58. The number of unbranched alkanes of at least 4 members (excludes halogenated alkanes) is 1. The van der Waals surface area contributed by atoms with E-state index in [-0.39, 0.29) is 17.6 Å². The molecule has 1 amide bonds. The molecule has 8 nitrogen and oxygen atoms in total. The molecular weight excluding hydrogens is 440 g/mol. The Labute approximate surface area is 208 Å². The maximum atomic E-state index is 13.3. The van der Waals surface area contributed by atoms with E-state index in [4.69, 9.17) is 0 Å². The van der Waals surface area contributed by atoms with Crippen LogP contribution in [0.2, 0.25) is 0 Å². The van der Waals surface area contributed by atoms with Crippen LogP contribution in [0.15, 0.2) is 49.1 Å². The largest absolute Gasteiger partial charge is 0.352 e. The fraction of sp³-hybridized carbons (Fsp3) is 0.481. The molecule has 188 valence electrons. The Hall–Kier alpha value is -3.26. The first kappa shape index (κ1) is 26.3. The Balaban J connectivity index is 1.51. The molecule has 0 radical (unpaired) electrons. The van der Waals surface area contributed by atoms with Crippen LogP contribution >= 0.6 is 0 Å². The van der Waals surface area contributed by atoms with Crippen molar-refractivity contribution in [2.45, 2.75) is 52.4 Å². The van der Waals surface area contributed by atoms with Crippen molar-refractivity contribution in [2.75, 3.05) is 26.2 Å². The molecule has 0 saturated carbocycles. The van der Waals surface area contributed by atoms with Gasteiger partial charge >= 0.3 is 0 Å². The van der Waals surface area contributed by atoms with Gasteiger partial charge in [-0.05, 0) is 57.5 Å². The van der Waals surface area contributed by atoms with E-state index in [1.165, 1.54) is 12.8 Å². The van der Waals surface area contributed by atoms with Gasteiger partial charge in [0.2, 0.25) is 0 Å². The topological polar surface area (TPSA) is 107 Å². The first-order valence-electron chi connectivity index (χ1n) is 12.7. The smallest absolute Gasteiger partial charge is 0.251 e. The van der Waals surface area contributed by atoms with E-state index in [1.54, 1.807) is 49.1 Å². The van der Waals surface area contributed by atoms with Gasteiger partial charge in [0.1, 0.15) is 11.6 Å². The number of benzene rings is 1. The zero-order chi connectivity index (χ0) is 24.9. The molecule has 3 aromatic rings. The maximum Gasteiger partial charge on any atom is 0.251 e. The summed E-state index contributed by atoms with van der Waals surface area (Å²) in [6.07, 6.45) is 12.2. The van der Waals surface area contributed by atoms with Gasteiger partial charge in [0.05, 0.1) is 0 Å². The molecule has 0 aliphatic heterocycles. The molecule has 2 aromatic heterocycles. The number of Topliss-reactive ketones (excluding diaryl/α,β-unsaturated/α-hetero) is 1. The van der Waals surface area contributed by atoms with Gasteiger partial charge in [-0.1, -0.05) is 26.0 Å². The summed E-state index contributed by atoms with van der Waals surface area (Å²) in [4.78, 5) is 43.0. The van der Waals surface area contributed by atoms with Crippen molar-refractivity contribution in [3.8, 4) is 0 Å². The molecule has 3 N–H and O–H groups in total. The number of H-pyrrole nitrogens is 2. The number of rotatable bonds is 16. The summed E-state index contributed by atoms with van der Waals surface area (Å²) < 4.78 is 0. The number of hydrogen-bond donors (Lipinski definition) is 3. The number of imidazole rings is 2. The number of hydrogen-bond acceptors (Lipinski definition) is 5. The lowest BCUT2D eigenvalue weighted by molar-refractivity contribution is 0.0912. The summed E-state index contributed by atoms with van der Waals surface area (Å²) in [5, 5.41) is 3.00. The molecule has 2 heterocycles. The third kappa shape index (κ3) is 8.47. The molecule has 0 fully saturated rings. The number of carbonyl (C=O) groups excluding carboxylic acids is 2. The Morgan fingerprint density at radius 2 is 1.43 bits per heavy atom. The van der Waals surface area contributed by atoms with E-state index in [1.807, 2.05) is 0 Å². The van der Waals surface area contributed by atoms with Crippen LogP contribution in [0.3, 0.4) is 0 Å². The molecule has 0 unspecified atom stereocenters. The summed E-state index contributed by atoms with van der Waals surface area (Å²) in [5.41, 5.74) is 1.14. The van der Waals surface area contributed by atoms with Crippen LogP contribution in [-0.4, -0.2) is 62.7 Å². The maximum absolute atomic E-state index is 13.3. The summed E-state index contributed by atoms with van der Waals surface area (Å²) in [6.45, 7) is 8.41. The quantitative estimate of drug-likeness (QED) is 0.213. The van der Waals surface area contributed by atoms with Crippen molar-refractivity contribution in [3.63, 3.8) is 0 Å². The predicted molar refractivity (Wildman–Crippen MR) is 137 cm³/mol. The second-order valence-corrected chi connectivity index (χ2v) is 8.92. The third-order valence-corrected chi connectivity index (χ3v) is 6.06. The fourth-order valence-electron chi connectivity index (χ4n) is 4.30. The molecule has 0 atom stereocenters. The van der Waals surface area contributed by atoms with Gasteiger partial charge < -0.3 is 20.2 Å². The van der Waals surface area contributed by atoms with E-state index in [0.717, 1.165) is 44.1 Å². The predicted octanol–water partition coefficient (Wildman–Crippen LogP) is 4.05. The van der Waals surface area contributed by atoms with Crippen molar-refractivity contribution in [3.05, 3.63) is 71.8 Å². The molecule has 0 aliphatic carbocycles. The monoisotopic (exact) mass is 478 g/mol. The Bertz CT molecular complexity index is 957. The standard InChI is InChI=1S/C27H38N6O2/c1-3-16-33(17-4-2)18-6-5-11-32-27(35)22-9-7-21(8-10-22)26(34)23(19-24-28-12-13-29-24)20-25-30-14-15-31-25/h7-10,12-15,23H,3-6,11,16-20H2,1-2H3,(H,28,29)(H,30,31)(H,32,35). The van der Waals surface area contributed by atoms with E-state index >= 15 is 0 Å². The van der Waals surface area contributed by atoms with Crippen molar-refractivity contribution < 1.29 is 9.59 Å². The molecule has 1 aromatic carbocycles. The van der Waals surface area contributed by atoms with Gasteiger partial charge in [-0.25, -0.2) is 9.97 Å². The van der Waals surface area contributed by atoms with Gasteiger partial charge in [-0.15, -0.1) is 0 Å². The van der Waals surface area contributed by atoms with Gasteiger partial charge in [0.15, 0.2) is 5.78 Å². The van der Waals surface area contributed by atoms with Gasteiger partial charge in [-0.2, -0.15) is 0 Å². The fourth-order valence-corrected chi connectivity index (χ4v) is 4.30. The Morgan fingerprint density at radius 1 is 0.857 bits per heavy atom. The van der Waals surface area contributed by atoms with Gasteiger partial charge in [0, 0.05) is 61.2 Å². The number of carbonyl (C=O) groups is 2.